The molecule has 5 nitrogen and oxygen atoms in total. The second kappa shape index (κ2) is 10.9. The standard InChI is InChI=1S/C23H24F2N2O3/c1-15(17-7-9-18(10-8-17)23(29)30-2)27-22(28)19(13-21(25)14-26)6-3-16-4-11-20(24)12-5-16/h4-5,7-15H,3,6,26H2,1-2H3,(H,27,28)/b19-13+,21-14+. The molecule has 0 bridgehead atoms. The number of benzene rings is 2. The second-order valence-electron chi connectivity index (χ2n) is 6.66. The first kappa shape index (κ1) is 22.8. The van der Waals surface area contributed by atoms with Gasteiger partial charge in [0.15, 0.2) is 0 Å². The third kappa shape index (κ3) is 6.55. The summed E-state index contributed by atoms with van der Waals surface area (Å²) in [5, 5.41) is 2.82. The van der Waals surface area contributed by atoms with Gasteiger partial charge in [0.2, 0.25) is 5.91 Å². The van der Waals surface area contributed by atoms with Crippen LogP contribution < -0.4 is 11.1 Å². The van der Waals surface area contributed by atoms with Crippen LogP contribution in [0.4, 0.5) is 8.78 Å². The van der Waals surface area contributed by atoms with Gasteiger partial charge in [0, 0.05) is 11.8 Å². The van der Waals surface area contributed by atoms with E-state index in [4.69, 9.17) is 5.73 Å². The Bertz CT molecular complexity index is 936. The maximum atomic E-state index is 13.7. The molecule has 0 fully saturated rings. The van der Waals surface area contributed by atoms with Crippen molar-refractivity contribution in [2.75, 3.05) is 7.11 Å². The third-order valence-corrected chi connectivity index (χ3v) is 4.54. The van der Waals surface area contributed by atoms with Crippen LogP contribution in [0.25, 0.3) is 0 Å². The van der Waals surface area contributed by atoms with E-state index in [1.807, 2.05) is 0 Å². The number of amides is 1. The lowest BCUT2D eigenvalue weighted by Crippen LogP contribution is -2.28. The van der Waals surface area contributed by atoms with Gasteiger partial charge in [0.05, 0.1) is 18.7 Å². The van der Waals surface area contributed by atoms with Gasteiger partial charge in [-0.1, -0.05) is 24.3 Å². The van der Waals surface area contributed by atoms with Crippen LogP contribution in [0.5, 0.6) is 0 Å². The third-order valence-electron chi connectivity index (χ3n) is 4.54. The molecule has 2 aromatic carbocycles. The highest BCUT2D eigenvalue weighted by Gasteiger charge is 2.15. The van der Waals surface area contributed by atoms with E-state index in [9.17, 15) is 18.4 Å². The number of carbonyl (C=O) groups excluding carboxylic acids is 2. The van der Waals surface area contributed by atoms with Gasteiger partial charge < -0.3 is 15.8 Å². The molecule has 0 aliphatic carbocycles. The minimum atomic E-state index is -0.727. The smallest absolute Gasteiger partial charge is 0.337 e. The summed E-state index contributed by atoms with van der Waals surface area (Å²) >= 11 is 0. The van der Waals surface area contributed by atoms with E-state index >= 15 is 0 Å². The molecule has 30 heavy (non-hydrogen) atoms. The molecule has 0 saturated heterocycles. The number of halogens is 2. The molecule has 0 aliphatic rings. The normalized spacial score (nSPS) is 12.9. The largest absolute Gasteiger partial charge is 0.465 e. The van der Waals surface area contributed by atoms with Crippen LogP contribution in [0.3, 0.4) is 0 Å². The number of allylic oxidation sites excluding steroid dienone is 2. The number of nitrogens with one attached hydrogen (secondary N) is 1. The Morgan fingerprint density at radius 2 is 1.77 bits per heavy atom. The van der Waals surface area contributed by atoms with Crippen molar-refractivity contribution in [1.29, 1.82) is 0 Å². The quantitative estimate of drug-likeness (QED) is 0.387. The zero-order valence-electron chi connectivity index (χ0n) is 16.8. The Balaban J connectivity index is 2.10. The van der Waals surface area contributed by atoms with Crippen molar-refractivity contribution in [3.8, 4) is 0 Å². The first-order valence-electron chi connectivity index (χ1n) is 9.35. The molecular formula is C23H24F2N2O3. The molecule has 0 heterocycles. The summed E-state index contributed by atoms with van der Waals surface area (Å²) in [5.41, 5.74) is 7.38. The summed E-state index contributed by atoms with van der Waals surface area (Å²) in [7, 11) is 1.30. The average molecular weight is 414 g/mol. The summed E-state index contributed by atoms with van der Waals surface area (Å²) in [6.07, 6.45) is 2.54. The summed E-state index contributed by atoms with van der Waals surface area (Å²) in [4.78, 5) is 24.3. The Kier molecular flexibility index (Phi) is 8.29. The van der Waals surface area contributed by atoms with E-state index in [1.165, 1.54) is 19.2 Å². The number of hydrogen-bond donors (Lipinski definition) is 2. The zero-order chi connectivity index (χ0) is 22.1. The van der Waals surface area contributed by atoms with Crippen LogP contribution in [-0.2, 0) is 16.0 Å². The van der Waals surface area contributed by atoms with Gasteiger partial charge in [-0.2, -0.15) is 0 Å². The van der Waals surface area contributed by atoms with Crippen molar-refractivity contribution in [3.63, 3.8) is 0 Å². The van der Waals surface area contributed by atoms with Gasteiger partial charge >= 0.3 is 5.97 Å². The summed E-state index contributed by atoms with van der Waals surface area (Å²) < 4.78 is 31.4. The summed E-state index contributed by atoms with van der Waals surface area (Å²) in [6.45, 7) is 1.78. The molecule has 0 saturated carbocycles. The number of nitrogens with two attached hydrogens (primary N) is 1. The summed E-state index contributed by atoms with van der Waals surface area (Å²) in [6, 6.07) is 12.1. The Morgan fingerprint density at radius 1 is 1.13 bits per heavy atom. The van der Waals surface area contributed by atoms with Crippen molar-refractivity contribution < 1.29 is 23.1 Å². The molecule has 7 heteroatoms. The molecule has 2 aromatic rings. The van der Waals surface area contributed by atoms with Gasteiger partial charge in [-0.05, 0) is 61.2 Å². The highest BCUT2D eigenvalue weighted by Crippen LogP contribution is 2.18. The Morgan fingerprint density at radius 3 is 2.33 bits per heavy atom. The van der Waals surface area contributed by atoms with Crippen molar-refractivity contribution in [2.45, 2.75) is 25.8 Å². The topological polar surface area (TPSA) is 81.4 Å². The predicted molar refractivity (Wildman–Crippen MR) is 111 cm³/mol. The van der Waals surface area contributed by atoms with Gasteiger partial charge in [-0.15, -0.1) is 0 Å². The number of ether oxygens (including phenoxy) is 1. The fourth-order valence-corrected chi connectivity index (χ4v) is 2.79. The molecule has 0 aromatic heterocycles. The highest BCUT2D eigenvalue weighted by atomic mass is 19.1. The number of hydrogen-bond acceptors (Lipinski definition) is 4. The molecule has 1 atom stereocenters. The maximum absolute atomic E-state index is 13.7. The van der Waals surface area contributed by atoms with Crippen molar-refractivity contribution in [2.24, 2.45) is 5.73 Å². The van der Waals surface area contributed by atoms with Crippen molar-refractivity contribution in [1.82, 2.24) is 5.32 Å². The molecule has 0 aliphatic heterocycles. The maximum Gasteiger partial charge on any atom is 0.337 e. The van der Waals surface area contributed by atoms with Crippen LogP contribution >= 0.6 is 0 Å². The SMILES string of the molecule is COC(=O)c1ccc(C(C)NC(=O)/C(=C/C(F)=C\N)CCc2ccc(F)cc2)cc1. The molecule has 0 spiro atoms. The van der Waals surface area contributed by atoms with E-state index in [1.54, 1.807) is 43.3 Å². The molecule has 158 valence electrons. The van der Waals surface area contributed by atoms with Crippen LogP contribution in [0.1, 0.15) is 40.9 Å². The molecule has 3 N–H and O–H groups in total. The highest BCUT2D eigenvalue weighted by molar-refractivity contribution is 5.94. The fourth-order valence-electron chi connectivity index (χ4n) is 2.79. The lowest BCUT2D eigenvalue weighted by atomic mass is 10.0. The lowest BCUT2D eigenvalue weighted by Gasteiger charge is -2.16. The Labute approximate surface area is 174 Å². The first-order valence-corrected chi connectivity index (χ1v) is 9.35. The Hall–Kier alpha value is -3.48. The van der Waals surface area contributed by atoms with Crippen LogP contribution in [0, 0.1) is 5.82 Å². The van der Waals surface area contributed by atoms with E-state index in [-0.39, 0.29) is 23.9 Å². The number of aryl methyl sites for hydroxylation is 1. The fraction of sp³-hybridized carbons (Fsp3) is 0.217. The number of esters is 1. The average Bonchev–Trinajstić information content (AvgIpc) is 2.76. The number of carbonyl (C=O) groups is 2. The van der Waals surface area contributed by atoms with Gasteiger partial charge in [-0.3, -0.25) is 4.79 Å². The van der Waals surface area contributed by atoms with E-state index < -0.39 is 17.7 Å². The van der Waals surface area contributed by atoms with Crippen LogP contribution in [-0.4, -0.2) is 19.0 Å². The van der Waals surface area contributed by atoms with Crippen molar-refractivity contribution in [3.05, 3.63) is 94.7 Å². The number of methoxy groups -OCH3 is 1. The summed E-state index contributed by atoms with van der Waals surface area (Å²) in [5.74, 6) is -1.97. The molecule has 0 radical (unpaired) electrons. The van der Waals surface area contributed by atoms with Gasteiger partial charge in [-0.25, -0.2) is 13.6 Å². The van der Waals surface area contributed by atoms with E-state index in [2.05, 4.69) is 10.1 Å². The molecular weight excluding hydrogens is 390 g/mol. The van der Waals surface area contributed by atoms with Crippen LogP contribution in [0.2, 0.25) is 0 Å². The van der Waals surface area contributed by atoms with E-state index in [0.29, 0.717) is 12.0 Å². The molecule has 2 rings (SSSR count). The minimum absolute atomic E-state index is 0.205. The molecule has 1 unspecified atom stereocenters. The first-order chi connectivity index (χ1) is 14.3. The molecule has 1 amide bonds. The minimum Gasteiger partial charge on any atom is -0.465 e. The zero-order valence-corrected chi connectivity index (χ0v) is 16.8. The number of rotatable bonds is 8. The van der Waals surface area contributed by atoms with Gasteiger partial charge in [0.25, 0.3) is 0 Å². The van der Waals surface area contributed by atoms with Gasteiger partial charge in [0.1, 0.15) is 11.6 Å². The lowest BCUT2D eigenvalue weighted by molar-refractivity contribution is -0.118. The predicted octanol–water partition coefficient (Wildman–Crippen LogP) is 4.12. The monoisotopic (exact) mass is 414 g/mol. The second-order valence-corrected chi connectivity index (χ2v) is 6.66. The van der Waals surface area contributed by atoms with Crippen LogP contribution in [0.15, 0.2) is 72.2 Å². The van der Waals surface area contributed by atoms with E-state index in [0.717, 1.165) is 23.4 Å². The van der Waals surface area contributed by atoms with Crippen molar-refractivity contribution >= 4 is 11.9 Å².